The molecule has 0 aliphatic heterocycles. The second-order valence-corrected chi connectivity index (χ2v) is 7.93. The lowest BCUT2D eigenvalue weighted by Gasteiger charge is -2.27. The normalized spacial score (nSPS) is 13.5. The lowest BCUT2D eigenvalue weighted by atomic mass is 9.86. The fraction of sp³-hybridized carbons (Fsp3) is 0.429. The first-order valence-electron chi connectivity index (χ1n) is 6.26. The molecule has 0 fully saturated rings. The van der Waals surface area contributed by atoms with Gasteiger partial charge < -0.3 is 10.4 Å². The van der Waals surface area contributed by atoms with Gasteiger partial charge in [0.15, 0.2) is 9.84 Å². The van der Waals surface area contributed by atoms with E-state index in [0.717, 1.165) is 6.26 Å². The standard InChI is InChI=1S/C14H19NO5S/c1-14(2,3)11(13(17)18)15-12(16)9-6-5-7-10(8-9)21(4,19)20/h5-8,11H,1-4H3,(H,15,16)(H,17,18). The van der Waals surface area contributed by atoms with E-state index in [4.69, 9.17) is 0 Å². The fourth-order valence-electron chi connectivity index (χ4n) is 1.73. The van der Waals surface area contributed by atoms with Gasteiger partial charge in [-0.3, -0.25) is 4.79 Å². The molecule has 0 saturated carbocycles. The van der Waals surface area contributed by atoms with E-state index in [9.17, 15) is 23.1 Å². The molecular weight excluding hydrogens is 294 g/mol. The molecule has 0 saturated heterocycles. The smallest absolute Gasteiger partial charge is 0.326 e. The largest absolute Gasteiger partial charge is 0.480 e. The number of sulfone groups is 1. The van der Waals surface area contributed by atoms with Gasteiger partial charge >= 0.3 is 5.97 Å². The van der Waals surface area contributed by atoms with Crippen LogP contribution < -0.4 is 5.32 Å². The van der Waals surface area contributed by atoms with Crippen molar-refractivity contribution in [3.8, 4) is 0 Å². The van der Waals surface area contributed by atoms with E-state index in [1.165, 1.54) is 24.3 Å². The Balaban J connectivity index is 3.07. The lowest BCUT2D eigenvalue weighted by Crippen LogP contribution is -2.49. The van der Waals surface area contributed by atoms with Gasteiger partial charge in [-0.1, -0.05) is 26.8 Å². The number of carbonyl (C=O) groups excluding carboxylic acids is 1. The Kier molecular flexibility index (Phi) is 4.78. The topological polar surface area (TPSA) is 101 Å². The minimum Gasteiger partial charge on any atom is -0.480 e. The summed E-state index contributed by atoms with van der Waals surface area (Å²) < 4.78 is 22.9. The molecule has 0 aliphatic rings. The third-order valence-corrected chi connectivity index (χ3v) is 4.02. The number of hydrogen-bond donors (Lipinski definition) is 2. The van der Waals surface area contributed by atoms with Crippen LogP contribution in [-0.2, 0) is 14.6 Å². The minimum atomic E-state index is -3.43. The molecule has 1 amide bonds. The van der Waals surface area contributed by atoms with Gasteiger partial charge in [0.05, 0.1) is 4.90 Å². The van der Waals surface area contributed by atoms with Crippen LogP contribution in [0, 0.1) is 5.41 Å². The van der Waals surface area contributed by atoms with Crippen molar-refractivity contribution in [2.24, 2.45) is 5.41 Å². The molecule has 2 N–H and O–H groups in total. The second kappa shape index (κ2) is 5.85. The van der Waals surface area contributed by atoms with Crippen molar-refractivity contribution >= 4 is 21.7 Å². The third kappa shape index (κ3) is 4.56. The Bertz CT molecular complexity index is 658. The van der Waals surface area contributed by atoms with Crippen LogP contribution in [0.15, 0.2) is 29.2 Å². The molecular formula is C14H19NO5S. The summed E-state index contributed by atoms with van der Waals surface area (Å²) in [5, 5.41) is 11.6. The minimum absolute atomic E-state index is 0.0118. The molecule has 0 aromatic heterocycles. The summed E-state index contributed by atoms with van der Waals surface area (Å²) in [6, 6.07) is 4.41. The van der Waals surface area contributed by atoms with E-state index < -0.39 is 33.2 Å². The average molecular weight is 313 g/mol. The maximum absolute atomic E-state index is 12.1. The SMILES string of the molecule is CC(C)(C)C(NC(=O)c1cccc(S(C)(=O)=O)c1)C(=O)O. The number of carboxylic acid groups (broad SMARTS) is 1. The molecule has 1 aromatic carbocycles. The van der Waals surface area contributed by atoms with Crippen molar-refractivity contribution in [1.29, 1.82) is 0 Å². The molecule has 6 nitrogen and oxygen atoms in total. The van der Waals surface area contributed by atoms with Crippen molar-refractivity contribution in [2.45, 2.75) is 31.7 Å². The molecule has 0 spiro atoms. The van der Waals surface area contributed by atoms with E-state index in [-0.39, 0.29) is 10.5 Å². The number of nitrogens with one attached hydrogen (secondary N) is 1. The zero-order valence-electron chi connectivity index (χ0n) is 12.4. The van der Waals surface area contributed by atoms with Crippen LogP contribution in [0.2, 0.25) is 0 Å². The van der Waals surface area contributed by atoms with Crippen LogP contribution in [0.3, 0.4) is 0 Å². The number of carboxylic acids is 1. The summed E-state index contributed by atoms with van der Waals surface area (Å²) in [5.74, 6) is -1.77. The zero-order valence-corrected chi connectivity index (χ0v) is 13.2. The number of benzene rings is 1. The first-order chi connectivity index (χ1) is 9.43. The van der Waals surface area contributed by atoms with Crippen LogP contribution in [-0.4, -0.2) is 37.7 Å². The fourth-order valence-corrected chi connectivity index (χ4v) is 2.40. The molecule has 1 aromatic rings. The van der Waals surface area contributed by atoms with Gasteiger partial charge in [-0.25, -0.2) is 13.2 Å². The summed E-state index contributed by atoms with van der Waals surface area (Å²) >= 11 is 0. The van der Waals surface area contributed by atoms with Crippen molar-refractivity contribution < 1.29 is 23.1 Å². The molecule has 0 aliphatic carbocycles. The molecule has 116 valence electrons. The Morgan fingerprint density at radius 1 is 1.24 bits per heavy atom. The average Bonchev–Trinajstić information content (AvgIpc) is 2.33. The van der Waals surface area contributed by atoms with Crippen LogP contribution in [0.4, 0.5) is 0 Å². The van der Waals surface area contributed by atoms with E-state index in [0.29, 0.717) is 0 Å². The summed E-state index contributed by atoms with van der Waals surface area (Å²) in [6.07, 6.45) is 1.04. The van der Waals surface area contributed by atoms with Gasteiger partial charge in [-0.15, -0.1) is 0 Å². The van der Waals surface area contributed by atoms with Gasteiger partial charge in [-0.05, 0) is 23.6 Å². The number of carbonyl (C=O) groups is 2. The molecule has 0 bridgehead atoms. The highest BCUT2D eigenvalue weighted by molar-refractivity contribution is 7.90. The Labute approximate surface area is 124 Å². The van der Waals surface area contributed by atoms with Crippen LogP contribution >= 0.6 is 0 Å². The molecule has 0 heterocycles. The van der Waals surface area contributed by atoms with E-state index in [1.807, 2.05) is 0 Å². The van der Waals surface area contributed by atoms with E-state index in [1.54, 1.807) is 20.8 Å². The Morgan fingerprint density at radius 2 is 1.81 bits per heavy atom. The molecule has 7 heteroatoms. The van der Waals surface area contributed by atoms with Gasteiger partial charge in [0.1, 0.15) is 6.04 Å². The highest BCUT2D eigenvalue weighted by Crippen LogP contribution is 2.20. The van der Waals surface area contributed by atoms with Gasteiger partial charge in [0.25, 0.3) is 5.91 Å². The summed E-state index contributed by atoms with van der Waals surface area (Å²) in [7, 11) is -3.43. The zero-order chi connectivity index (χ0) is 16.4. The molecule has 1 unspecified atom stereocenters. The maximum Gasteiger partial charge on any atom is 0.326 e. The summed E-state index contributed by atoms with van der Waals surface area (Å²) in [4.78, 5) is 23.4. The quantitative estimate of drug-likeness (QED) is 0.873. The van der Waals surface area contributed by atoms with Crippen LogP contribution in [0.1, 0.15) is 31.1 Å². The summed E-state index contributed by atoms with van der Waals surface area (Å²) in [5.41, 5.74) is -0.566. The van der Waals surface area contributed by atoms with Crippen molar-refractivity contribution in [2.75, 3.05) is 6.26 Å². The van der Waals surface area contributed by atoms with Gasteiger partial charge in [0, 0.05) is 11.8 Å². The number of amides is 1. The molecule has 0 radical (unpaired) electrons. The Hall–Kier alpha value is -1.89. The van der Waals surface area contributed by atoms with Gasteiger partial charge in [-0.2, -0.15) is 0 Å². The van der Waals surface area contributed by atoms with E-state index >= 15 is 0 Å². The number of hydrogen-bond acceptors (Lipinski definition) is 4. The highest BCUT2D eigenvalue weighted by Gasteiger charge is 2.32. The van der Waals surface area contributed by atoms with Crippen molar-refractivity contribution in [3.63, 3.8) is 0 Å². The van der Waals surface area contributed by atoms with Crippen molar-refractivity contribution in [3.05, 3.63) is 29.8 Å². The molecule has 21 heavy (non-hydrogen) atoms. The Morgan fingerprint density at radius 3 is 2.24 bits per heavy atom. The molecule has 1 rings (SSSR count). The van der Waals surface area contributed by atoms with Crippen LogP contribution in [0.5, 0.6) is 0 Å². The van der Waals surface area contributed by atoms with Crippen molar-refractivity contribution in [1.82, 2.24) is 5.32 Å². The predicted octanol–water partition coefficient (Wildman–Crippen LogP) is 1.32. The summed E-state index contributed by atoms with van der Waals surface area (Å²) in [6.45, 7) is 5.08. The lowest BCUT2D eigenvalue weighted by molar-refractivity contribution is -0.142. The number of rotatable bonds is 4. The monoisotopic (exact) mass is 313 g/mol. The van der Waals surface area contributed by atoms with Crippen LogP contribution in [0.25, 0.3) is 0 Å². The van der Waals surface area contributed by atoms with Gasteiger partial charge in [0.2, 0.25) is 0 Å². The second-order valence-electron chi connectivity index (χ2n) is 5.91. The molecule has 1 atom stereocenters. The maximum atomic E-state index is 12.1. The van der Waals surface area contributed by atoms with E-state index in [2.05, 4.69) is 5.32 Å². The third-order valence-electron chi connectivity index (χ3n) is 2.91. The first-order valence-corrected chi connectivity index (χ1v) is 8.16. The number of aliphatic carboxylic acids is 1. The highest BCUT2D eigenvalue weighted by atomic mass is 32.2. The first kappa shape index (κ1) is 17.2. The predicted molar refractivity (Wildman–Crippen MR) is 77.9 cm³/mol.